The predicted molar refractivity (Wildman–Crippen MR) is 76.3 cm³/mol. The third kappa shape index (κ3) is 2.68. The van der Waals surface area contributed by atoms with Gasteiger partial charge in [0.05, 0.1) is 0 Å². The van der Waals surface area contributed by atoms with Crippen LogP contribution in [0.4, 0.5) is 0 Å². The summed E-state index contributed by atoms with van der Waals surface area (Å²) in [5.41, 5.74) is 9.05. The van der Waals surface area contributed by atoms with Crippen LogP contribution in [-0.2, 0) is 12.8 Å². The summed E-state index contributed by atoms with van der Waals surface area (Å²) in [6.45, 7) is 2.47. The van der Waals surface area contributed by atoms with E-state index in [0.717, 1.165) is 24.8 Å². The van der Waals surface area contributed by atoms with Crippen molar-refractivity contribution < 1.29 is 4.79 Å². The topological polar surface area (TPSA) is 46.3 Å². The van der Waals surface area contributed by atoms with E-state index in [0.29, 0.717) is 6.54 Å². The minimum absolute atomic E-state index is 0. The lowest BCUT2D eigenvalue weighted by atomic mass is 10.0. The first kappa shape index (κ1) is 15.0. The number of nitrogens with two attached hydrogens (primary N) is 1. The third-order valence-corrected chi connectivity index (χ3v) is 3.70. The number of carbonyl (C=O) groups excluding carboxylic acids is 1. The Hall–Kier alpha value is -1.06. The van der Waals surface area contributed by atoms with E-state index in [9.17, 15) is 4.79 Å². The second-order valence-electron chi connectivity index (χ2n) is 4.80. The highest BCUT2D eigenvalue weighted by Gasteiger charge is 2.22. The Morgan fingerprint density at radius 1 is 1.44 bits per heavy atom. The summed E-state index contributed by atoms with van der Waals surface area (Å²) in [5, 5.41) is 0. The summed E-state index contributed by atoms with van der Waals surface area (Å²) in [6, 6.07) is 6.13. The molecule has 1 aromatic rings. The Balaban J connectivity index is 0.00000162. The molecule has 1 amide bonds. The molecule has 2 rings (SSSR count). The van der Waals surface area contributed by atoms with Crippen LogP contribution < -0.4 is 5.73 Å². The maximum absolute atomic E-state index is 12.4. The molecule has 0 saturated heterocycles. The zero-order valence-corrected chi connectivity index (χ0v) is 11.8. The lowest BCUT2D eigenvalue weighted by molar-refractivity contribution is 0.0747. The molecular formula is C14H21ClN2O. The number of carbonyl (C=O) groups is 1. The van der Waals surface area contributed by atoms with Crippen molar-refractivity contribution in [2.24, 2.45) is 5.73 Å². The SMILES string of the molecule is CC(CN)N(C)C(=O)c1cccc2c1CCC2.Cl. The molecule has 1 unspecified atom stereocenters. The Kier molecular flexibility index (Phi) is 5.17. The number of halogens is 1. The number of rotatable bonds is 3. The normalized spacial score (nSPS) is 14.6. The number of aryl methyl sites for hydroxylation is 1. The van der Waals surface area contributed by atoms with E-state index in [4.69, 9.17) is 5.73 Å². The molecule has 0 heterocycles. The fourth-order valence-electron chi connectivity index (χ4n) is 2.37. The summed E-state index contributed by atoms with van der Waals surface area (Å²) in [5.74, 6) is 0.0988. The maximum atomic E-state index is 12.4. The van der Waals surface area contributed by atoms with Crippen LogP contribution in [0.1, 0.15) is 34.8 Å². The zero-order chi connectivity index (χ0) is 12.4. The van der Waals surface area contributed by atoms with Crippen molar-refractivity contribution >= 4 is 18.3 Å². The van der Waals surface area contributed by atoms with Gasteiger partial charge >= 0.3 is 0 Å². The van der Waals surface area contributed by atoms with Crippen molar-refractivity contribution in [3.8, 4) is 0 Å². The number of likely N-dealkylation sites (N-methyl/N-ethyl adjacent to an activating group) is 1. The van der Waals surface area contributed by atoms with Crippen molar-refractivity contribution in [2.45, 2.75) is 32.2 Å². The van der Waals surface area contributed by atoms with Gasteiger partial charge < -0.3 is 10.6 Å². The van der Waals surface area contributed by atoms with Crippen molar-refractivity contribution in [3.05, 3.63) is 34.9 Å². The molecule has 18 heavy (non-hydrogen) atoms. The molecule has 3 nitrogen and oxygen atoms in total. The maximum Gasteiger partial charge on any atom is 0.254 e. The number of hydrogen-bond donors (Lipinski definition) is 1. The van der Waals surface area contributed by atoms with E-state index in [-0.39, 0.29) is 24.4 Å². The third-order valence-electron chi connectivity index (χ3n) is 3.70. The molecule has 0 spiro atoms. The molecule has 1 aliphatic rings. The molecule has 4 heteroatoms. The van der Waals surface area contributed by atoms with Gasteiger partial charge in [-0.15, -0.1) is 12.4 Å². The molecule has 0 saturated carbocycles. The first-order valence-electron chi connectivity index (χ1n) is 6.23. The van der Waals surface area contributed by atoms with E-state index in [1.54, 1.807) is 4.90 Å². The van der Waals surface area contributed by atoms with Gasteiger partial charge in [0.1, 0.15) is 0 Å². The fourth-order valence-corrected chi connectivity index (χ4v) is 2.37. The lowest BCUT2D eigenvalue weighted by Gasteiger charge is -2.24. The molecule has 1 atom stereocenters. The largest absolute Gasteiger partial charge is 0.338 e. The Morgan fingerprint density at radius 2 is 2.17 bits per heavy atom. The van der Waals surface area contributed by atoms with E-state index in [1.165, 1.54) is 11.1 Å². The van der Waals surface area contributed by atoms with Crippen molar-refractivity contribution in [3.63, 3.8) is 0 Å². The summed E-state index contributed by atoms with van der Waals surface area (Å²) in [6.07, 6.45) is 3.30. The molecule has 100 valence electrons. The summed E-state index contributed by atoms with van der Waals surface area (Å²) in [4.78, 5) is 14.1. The van der Waals surface area contributed by atoms with Crippen molar-refractivity contribution in [1.82, 2.24) is 4.90 Å². The summed E-state index contributed by atoms with van der Waals surface area (Å²) < 4.78 is 0. The zero-order valence-electron chi connectivity index (χ0n) is 11.0. The highest BCUT2D eigenvalue weighted by atomic mass is 35.5. The molecule has 0 radical (unpaired) electrons. The Labute approximate surface area is 115 Å². The van der Waals surface area contributed by atoms with Gasteiger partial charge in [0.25, 0.3) is 5.91 Å². The van der Waals surface area contributed by atoms with Crippen LogP contribution >= 0.6 is 12.4 Å². The smallest absolute Gasteiger partial charge is 0.254 e. The summed E-state index contributed by atoms with van der Waals surface area (Å²) in [7, 11) is 1.83. The molecule has 0 fully saturated rings. The molecule has 0 bridgehead atoms. The standard InChI is InChI=1S/C14H20N2O.ClH/c1-10(9-15)16(2)14(17)13-8-4-6-11-5-3-7-12(11)13;/h4,6,8,10H,3,5,7,9,15H2,1-2H3;1H. The number of benzene rings is 1. The number of amides is 1. The van der Waals surface area contributed by atoms with Gasteiger partial charge in [-0.2, -0.15) is 0 Å². The Morgan fingerprint density at radius 3 is 2.83 bits per heavy atom. The second-order valence-corrected chi connectivity index (χ2v) is 4.80. The fraction of sp³-hybridized carbons (Fsp3) is 0.500. The van der Waals surface area contributed by atoms with Gasteiger partial charge in [0, 0.05) is 25.2 Å². The van der Waals surface area contributed by atoms with Gasteiger partial charge in [-0.1, -0.05) is 12.1 Å². The van der Waals surface area contributed by atoms with Crippen molar-refractivity contribution in [1.29, 1.82) is 0 Å². The van der Waals surface area contributed by atoms with Crippen LogP contribution in [0.2, 0.25) is 0 Å². The van der Waals surface area contributed by atoms with Crippen LogP contribution in [0.25, 0.3) is 0 Å². The second kappa shape index (κ2) is 6.21. The minimum Gasteiger partial charge on any atom is -0.338 e. The van der Waals surface area contributed by atoms with Crippen LogP contribution in [0.5, 0.6) is 0 Å². The highest BCUT2D eigenvalue weighted by Crippen LogP contribution is 2.26. The number of nitrogens with zero attached hydrogens (tertiary/aromatic N) is 1. The highest BCUT2D eigenvalue weighted by molar-refractivity contribution is 5.96. The number of hydrogen-bond acceptors (Lipinski definition) is 2. The molecular weight excluding hydrogens is 248 g/mol. The lowest BCUT2D eigenvalue weighted by Crippen LogP contribution is -2.40. The van der Waals surface area contributed by atoms with E-state index in [2.05, 4.69) is 6.07 Å². The van der Waals surface area contributed by atoms with Gasteiger partial charge in [0.15, 0.2) is 0 Å². The van der Waals surface area contributed by atoms with Gasteiger partial charge in [-0.25, -0.2) is 0 Å². The van der Waals surface area contributed by atoms with E-state index < -0.39 is 0 Å². The quantitative estimate of drug-likeness (QED) is 0.912. The molecule has 1 aromatic carbocycles. The van der Waals surface area contributed by atoms with Gasteiger partial charge in [-0.3, -0.25) is 4.79 Å². The van der Waals surface area contributed by atoms with Crippen LogP contribution in [0, 0.1) is 0 Å². The van der Waals surface area contributed by atoms with Crippen molar-refractivity contribution in [2.75, 3.05) is 13.6 Å². The average Bonchev–Trinajstić information content (AvgIpc) is 2.83. The average molecular weight is 269 g/mol. The van der Waals surface area contributed by atoms with Crippen LogP contribution in [0.15, 0.2) is 18.2 Å². The van der Waals surface area contributed by atoms with Crippen LogP contribution in [-0.4, -0.2) is 30.4 Å². The van der Waals surface area contributed by atoms with E-state index >= 15 is 0 Å². The minimum atomic E-state index is 0. The van der Waals surface area contributed by atoms with E-state index in [1.807, 2.05) is 26.1 Å². The molecule has 0 aliphatic heterocycles. The predicted octanol–water partition coefficient (Wildman–Crippen LogP) is 2.02. The summed E-state index contributed by atoms with van der Waals surface area (Å²) >= 11 is 0. The van der Waals surface area contributed by atoms with Gasteiger partial charge in [-0.05, 0) is 43.4 Å². The Bertz CT molecular complexity index is 434. The van der Waals surface area contributed by atoms with Crippen LogP contribution in [0.3, 0.4) is 0 Å². The molecule has 0 aromatic heterocycles. The first-order valence-corrected chi connectivity index (χ1v) is 6.23. The number of fused-ring (bicyclic) bond motifs is 1. The molecule has 2 N–H and O–H groups in total. The molecule has 1 aliphatic carbocycles. The van der Waals surface area contributed by atoms with Gasteiger partial charge in [0.2, 0.25) is 0 Å². The monoisotopic (exact) mass is 268 g/mol. The first-order chi connectivity index (χ1) is 8.15.